The number of methoxy groups -OCH3 is 2. The van der Waals surface area contributed by atoms with E-state index in [-0.39, 0.29) is 10.6 Å². The molecule has 0 fully saturated rings. The first-order chi connectivity index (χ1) is 16.8. The molecule has 35 heavy (non-hydrogen) atoms. The van der Waals surface area contributed by atoms with Gasteiger partial charge in [-0.2, -0.15) is 0 Å². The molecule has 0 saturated heterocycles. The van der Waals surface area contributed by atoms with Crippen molar-refractivity contribution in [2.75, 3.05) is 24.4 Å². The van der Waals surface area contributed by atoms with E-state index in [1.54, 1.807) is 49.6 Å². The molecule has 3 aromatic carbocycles. The Kier molecular flexibility index (Phi) is 7.38. The fourth-order valence-electron chi connectivity index (χ4n) is 3.61. The van der Waals surface area contributed by atoms with Gasteiger partial charge >= 0.3 is 0 Å². The summed E-state index contributed by atoms with van der Waals surface area (Å²) in [5.41, 5.74) is 2.34. The molecular formula is C27H25ClN2O4S. The van der Waals surface area contributed by atoms with E-state index in [0.29, 0.717) is 33.8 Å². The number of carbonyl (C=O) groups is 2. The zero-order valence-corrected chi connectivity index (χ0v) is 21.4. The fourth-order valence-corrected chi connectivity index (χ4v) is 4.67. The van der Waals surface area contributed by atoms with Crippen molar-refractivity contribution in [2.24, 2.45) is 0 Å². The number of ether oxygens (including phenoxy) is 2. The third-order valence-corrected chi connectivity index (χ3v) is 6.90. The molecule has 1 N–H and O–H groups in total. The summed E-state index contributed by atoms with van der Waals surface area (Å²) in [6, 6.07) is 19.8. The monoisotopic (exact) mass is 508 g/mol. The van der Waals surface area contributed by atoms with Crippen molar-refractivity contribution in [1.82, 2.24) is 0 Å². The van der Waals surface area contributed by atoms with Crippen LogP contribution in [0.2, 0.25) is 5.02 Å². The first-order valence-corrected chi connectivity index (χ1v) is 12.2. The van der Waals surface area contributed by atoms with Crippen LogP contribution < -0.4 is 19.7 Å². The van der Waals surface area contributed by atoms with Crippen molar-refractivity contribution in [3.8, 4) is 11.5 Å². The topological polar surface area (TPSA) is 67.9 Å². The zero-order valence-electron chi connectivity index (χ0n) is 19.8. The second-order valence-corrected chi connectivity index (χ2v) is 9.66. The standard InChI is InChI=1S/C27H25ClN2O4S/c1-16(2)17-5-9-19(10-6-17)30-26(31)24(29-22-14-11-20(33-3)15-23(22)34-4)25(27(30)32)35-21-12-7-18(28)8-13-21/h5-16,29H,1-4H3. The maximum atomic E-state index is 13.6. The normalized spacial score (nSPS) is 13.6. The first-order valence-electron chi connectivity index (χ1n) is 11.0. The summed E-state index contributed by atoms with van der Waals surface area (Å²) in [5, 5.41) is 3.73. The molecule has 0 aromatic heterocycles. The molecule has 0 bridgehead atoms. The van der Waals surface area contributed by atoms with E-state index in [0.717, 1.165) is 10.5 Å². The number of hydrogen-bond acceptors (Lipinski definition) is 6. The van der Waals surface area contributed by atoms with E-state index in [4.69, 9.17) is 21.1 Å². The maximum absolute atomic E-state index is 13.6. The van der Waals surface area contributed by atoms with Crippen LogP contribution in [0.1, 0.15) is 25.3 Å². The summed E-state index contributed by atoms with van der Waals surface area (Å²) in [5.74, 6) is 0.581. The second kappa shape index (κ2) is 10.5. The van der Waals surface area contributed by atoms with Crippen LogP contribution in [0.4, 0.5) is 11.4 Å². The number of hydrogen-bond donors (Lipinski definition) is 1. The SMILES string of the molecule is COc1ccc(NC2=C(Sc3ccc(Cl)cc3)C(=O)N(c3ccc(C(C)C)cc3)C2=O)c(OC)c1. The summed E-state index contributed by atoms with van der Waals surface area (Å²) in [7, 11) is 3.09. The molecule has 0 spiro atoms. The summed E-state index contributed by atoms with van der Waals surface area (Å²) in [4.78, 5) is 29.4. The van der Waals surface area contributed by atoms with E-state index in [1.165, 1.54) is 23.8 Å². The Labute approximate surface area is 213 Å². The maximum Gasteiger partial charge on any atom is 0.283 e. The minimum atomic E-state index is -0.443. The fraction of sp³-hybridized carbons (Fsp3) is 0.185. The van der Waals surface area contributed by atoms with Crippen LogP contribution >= 0.6 is 23.4 Å². The van der Waals surface area contributed by atoms with Gasteiger partial charge in [0.2, 0.25) is 0 Å². The van der Waals surface area contributed by atoms with Crippen molar-refractivity contribution in [2.45, 2.75) is 24.7 Å². The molecule has 4 rings (SSSR count). The Morgan fingerprint density at radius 3 is 2.17 bits per heavy atom. The number of thioether (sulfide) groups is 1. The van der Waals surface area contributed by atoms with Crippen molar-refractivity contribution < 1.29 is 19.1 Å². The number of amides is 2. The Balaban J connectivity index is 1.74. The van der Waals surface area contributed by atoms with Gasteiger partial charge in [-0.25, -0.2) is 4.90 Å². The van der Waals surface area contributed by atoms with Gasteiger partial charge in [-0.05, 0) is 60.0 Å². The molecule has 1 heterocycles. The Hall–Kier alpha value is -3.42. The predicted molar refractivity (Wildman–Crippen MR) is 141 cm³/mol. The summed E-state index contributed by atoms with van der Waals surface area (Å²) in [6.07, 6.45) is 0. The molecule has 1 aliphatic heterocycles. The Bertz CT molecular complexity index is 1290. The van der Waals surface area contributed by atoms with Crippen molar-refractivity contribution in [1.29, 1.82) is 0 Å². The lowest BCUT2D eigenvalue weighted by Crippen LogP contribution is -2.32. The molecule has 180 valence electrons. The van der Waals surface area contributed by atoms with Crippen LogP contribution in [0.25, 0.3) is 0 Å². The summed E-state index contributed by atoms with van der Waals surface area (Å²) >= 11 is 7.23. The lowest BCUT2D eigenvalue weighted by Gasteiger charge is -2.17. The highest BCUT2D eigenvalue weighted by Gasteiger charge is 2.40. The number of nitrogens with zero attached hydrogens (tertiary/aromatic N) is 1. The molecule has 0 unspecified atom stereocenters. The Morgan fingerprint density at radius 2 is 1.57 bits per heavy atom. The lowest BCUT2D eigenvalue weighted by atomic mass is 10.0. The van der Waals surface area contributed by atoms with Crippen molar-refractivity contribution in [3.05, 3.63) is 87.9 Å². The predicted octanol–water partition coefficient (Wildman–Crippen LogP) is 6.47. The average molecular weight is 509 g/mol. The van der Waals surface area contributed by atoms with Crippen LogP contribution in [-0.4, -0.2) is 26.0 Å². The highest BCUT2D eigenvalue weighted by molar-refractivity contribution is 8.04. The Morgan fingerprint density at radius 1 is 0.886 bits per heavy atom. The van der Waals surface area contributed by atoms with Gasteiger partial charge in [0.1, 0.15) is 22.1 Å². The zero-order chi connectivity index (χ0) is 25.1. The lowest BCUT2D eigenvalue weighted by molar-refractivity contribution is -0.120. The van der Waals surface area contributed by atoms with Crippen LogP contribution in [0, 0.1) is 0 Å². The molecule has 6 nitrogen and oxygen atoms in total. The first kappa shape index (κ1) is 24.7. The van der Waals surface area contributed by atoms with E-state index >= 15 is 0 Å². The minimum Gasteiger partial charge on any atom is -0.497 e. The quantitative estimate of drug-likeness (QED) is 0.352. The number of carbonyl (C=O) groups excluding carboxylic acids is 2. The third kappa shape index (κ3) is 5.16. The largest absolute Gasteiger partial charge is 0.497 e. The smallest absolute Gasteiger partial charge is 0.283 e. The van der Waals surface area contributed by atoms with E-state index < -0.39 is 11.8 Å². The van der Waals surface area contributed by atoms with E-state index in [2.05, 4.69) is 19.2 Å². The van der Waals surface area contributed by atoms with Gasteiger partial charge in [0, 0.05) is 16.0 Å². The number of nitrogens with one attached hydrogen (secondary N) is 1. The number of halogens is 1. The van der Waals surface area contributed by atoms with Crippen LogP contribution in [0.3, 0.4) is 0 Å². The van der Waals surface area contributed by atoms with Gasteiger partial charge in [-0.1, -0.05) is 49.3 Å². The molecule has 3 aromatic rings. The van der Waals surface area contributed by atoms with Crippen LogP contribution in [0.5, 0.6) is 11.5 Å². The molecule has 0 aliphatic carbocycles. The highest BCUT2D eigenvalue weighted by Crippen LogP contribution is 2.40. The number of anilines is 2. The van der Waals surface area contributed by atoms with Gasteiger partial charge in [-0.15, -0.1) is 0 Å². The van der Waals surface area contributed by atoms with Crippen molar-refractivity contribution in [3.63, 3.8) is 0 Å². The highest BCUT2D eigenvalue weighted by atomic mass is 35.5. The van der Waals surface area contributed by atoms with Crippen LogP contribution in [0.15, 0.2) is 82.2 Å². The minimum absolute atomic E-state index is 0.173. The van der Waals surface area contributed by atoms with Gasteiger partial charge in [0.15, 0.2) is 0 Å². The van der Waals surface area contributed by atoms with Crippen molar-refractivity contribution >= 4 is 46.6 Å². The molecule has 8 heteroatoms. The van der Waals surface area contributed by atoms with Gasteiger partial charge in [0.05, 0.1) is 25.6 Å². The second-order valence-electron chi connectivity index (χ2n) is 8.14. The molecule has 1 aliphatic rings. The van der Waals surface area contributed by atoms with Gasteiger partial charge < -0.3 is 14.8 Å². The molecule has 0 atom stereocenters. The number of imide groups is 1. The molecule has 0 saturated carbocycles. The van der Waals surface area contributed by atoms with Gasteiger partial charge in [-0.3, -0.25) is 9.59 Å². The average Bonchev–Trinajstić information content (AvgIpc) is 3.09. The molecule has 0 radical (unpaired) electrons. The summed E-state index contributed by atoms with van der Waals surface area (Å²) in [6.45, 7) is 4.18. The number of benzene rings is 3. The number of rotatable bonds is 8. The van der Waals surface area contributed by atoms with E-state index in [1.807, 2.05) is 24.3 Å². The molecule has 2 amide bonds. The molecular weight excluding hydrogens is 484 g/mol. The van der Waals surface area contributed by atoms with Gasteiger partial charge in [0.25, 0.3) is 11.8 Å². The van der Waals surface area contributed by atoms with Crippen LogP contribution in [-0.2, 0) is 9.59 Å². The summed E-state index contributed by atoms with van der Waals surface area (Å²) < 4.78 is 10.7. The van der Waals surface area contributed by atoms with E-state index in [9.17, 15) is 9.59 Å². The third-order valence-electron chi connectivity index (χ3n) is 5.56.